The topological polar surface area (TPSA) is 60.2 Å². The lowest BCUT2D eigenvalue weighted by Gasteiger charge is -2.29. The van der Waals surface area contributed by atoms with Gasteiger partial charge in [-0.15, -0.1) is 5.10 Å². The number of hydrogen-bond donors (Lipinski definition) is 0. The van der Waals surface area contributed by atoms with Gasteiger partial charge in [0.2, 0.25) is 0 Å². The van der Waals surface area contributed by atoms with Crippen molar-refractivity contribution in [3.63, 3.8) is 0 Å². The van der Waals surface area contributed by atoms with E-state index in [4.69, 9.17) is 4.74 Å². The van der Waals surface area contributed by atoms with E-state index in [-0.39, 0.29) is 5.69 Å². The Balaban J connectivity index is 1.56. The number of esters is 1. The van der Waals surface area contributed by atoms with Gasteiger partial charge in [-0.1, -0.05) is 29.5 Å². The van der Waals surface area contributed by atoms with Crippen molar-refractivity contribution in [1.82, 2.24) is 19.9 Å². The fraction of sp³-hybridized carbons (Fsp3) is 0.471. The average Bonchev–Trinajstić information content (AvgIpc) is 3.17. The highest BCUT2D eigenvalue weighted by atomic mass is 16.5. The maximum absolute atomic E-state index is 11.5. The second-order valence-electron chi connectivity index (χ2n) is 6.27. The van der Waals surface area contributed by atoms with Crippen molar-refractivity contribution in [2.75, 3.05) is 7.11 Å². The zero-order valence-electron chi connectivity index (χ0n) is 13.2. The summed E-state index contributed by atoms with van der Waals surface area (Å²) >= 11 is 0. The monoisotopic (exact) mass is 312 g/mol. The van der Waals surface area contributed by atoms with E-state index in [1.165, 1.54) is 31.1 Å². The number of fused-ring (bicyclic) bond motifs is 1. The molecule has 1 heterocycles. The Labute approximate surface area is 135 Å². The van der Waals surface area contributed by atoms with E-state index in [1.807, 2.05) is 0 Å². The van der Waals surface area contributed by atoms with Crippen molar-refractivity contribution in [3.8, 4) is 0 Å². The van der Waals surface area contributed by atoms with Gasteiger partial charge in [0.15, 0.2) is 5.69 Å². The van der Waals surface area contributed by atoms with Crippen molar-refractivity contribution in [2.45, 2.75) is 44.4 Å². The zero-order chi connectivity index (χ0) is 15.8. The van der Waals surface area contributed by atoms with Crippen LogP contribution in [0.2, 0.25) is 0 Å². The summed E-state index contributed by atoms with van der Waals surface area (Å²) in [4.78, 5) is 14.0. The van der Waals surface area contributed by atoms with Gasteiger partial charge in [0.1, 0.15) is 0 Å². The highest BCUT2D eigenvalue weighted by molar-refractivity contribution is 5.86. The minimum absolute atomic E-state index is 0.259. The van der Waals surface area contributed by atoms with E-state index >= 15 is 0 Å². The normalized spacial score (nSPS) is 19.8. The smallest absolute Gasteiger partial charge is 0.360 e. The molecule has 4 rings (SSSR count). The number of nitrogens with zero attached hydrogens (tertiary/aromatic N) is 4. The third-order valence-electron chi connectivity index (χ3n) is 4.76. The number of carbonyl (C=O) groups excluding carboxylic acids is 1. The van der Waals surface area contributed by atoms with Crippen molar-refractivity contribution in [3.05, 3.63) is 47.3 Å². The van der Waals surface area contributed by atoms with Crippen molar-refractivity contribution < 1.29 is 9.53 Å². The lowest BCUT2D eigenvalue weighted by atomic mass is 10.1. The number of aryl methyl sites for hydroxylation is 1. The van der Waals surface area contributed by atoms with Gasteiger partial charge in [-0.2, -0.15) is 0 Å². The van der Waals surface area contributed by atoms with Gasteiger partial charge >= 0.3 is 5.97 Å². The molecule has 23 heavy (non-hydrogen) atoms. The van der Waals surface area contributed by atoms with Gasteiger partial charge in [0.05, 0.1) is 20.0 Å². The van der Waals surface area contributed by atoms with Gasteiger partial charge < -0.3 is 4.74 Å². The summed E-state index contributed by atoms with van der Waals surface area (Å²) in [6.45, 7) is 0.660. The third-order valence-corrected chi connectivity index (χ3v) is 4.76. The fourth-order valence-corrected chi connectivity index (χ4v) is 3.49. The van der Waals surface area contributed by atoms with Crippen LogP contribution < -0.4 is 0 Å². The van der Waals surface area contributed by atoms with Gasteiger partial charge in [-0.05, 0) is 36.8 Å². The van der Waals surface area contributed by atoms with Crippen LogP contribution in [0.4, 0.5) is 0 Å². The van der Waals surface area contributed by atoms with Gasteiger partial charge in [-0.3, -0.25) is 4.90 Å². The molecule has 0 saturated heterocycles. The third kappa shape index (κ3) is 2.74. The number of carbonyl (C=O) groups is 1. The van der Waals surface area contributed by atoms with E-state index in [0.29, 0.717) is 18.8 Å². The minimum Gasteiger partial charge on any atom is -0.464 e. The maximum Gasteiger partial charge on any atom is 0.360 e. The Morgan fingerprint density at radius 2 is 2.17 bits per heavy atom. The Morgan fingerprint density at radius 1 is 1.35 bits per heavy atom. The van der Waals surface area contributed by atoms with E-state index in [0.717, 1.165) is 12.8 Å². The first kappa shape index (κ1) is 14.4. The molecule has 0 amide bonds. The summed E-state index contributed by atoms with van der Waals surface area (Å²) in [5, 5.41) is 7.99. The first-order chi connectivity index (χ1) is 11.3. The van der Waals surface area contributed by atoms with Crippen LogP contribution in [-0.4, -0.2) is 39.0 Å². The average molecular weight is 312 g/mol. The fourth-order valence-electron chi connectivity index (χ4n) is 3.49. The molecule has 0 bridgehead atoms. The molecule has 2 aliphatic rings. The molecule has 1 aromatic carbocycles. The Bertz CT molecular complexity index is 723. The second kappa shape index (κ2) is 5.77. The Morgan fingerprint density at radius 3 is 2.96 bits per heavy atom. The van der Waals surface area contributed by atoms with Crippen molar-refractivity contribution in [2.24, 2.45) is 0 Å². The van der Waals surface area contributed by atoms with Crippen LogP contribution in [0.3, 0.4) is 0 Å². The number of benzene rings is 1. The van der Waals surface area contributed by atoms with E-state index < -0.39 is 5.97 Å². The van der Waals surface area contributed by atoms with E-state index in [1.54, 1.807) is 10.9 Å². The number of hydrogen-bond acceptors (Lipinski definition) is 5. The molecule has 2 aromatic rings. The summed E-state index contributed by atoms with van der Waals surface area (Å²) in [5.74, 6) is -0.444. The number of rotatable bonds is 5. The van der Waals surface area contributed by atoms with Crippen LogP contribution in [0.5, 0.6) is 0 Å². The maximum atomic E-state index is 11.5. The molecule has 1 atom stereocenters. The molecule has 0 N–H and O–H groups in total. The number of methoxy groups -OCH3 is 1. The molecular weight excluding hydrogens is 292 g/mol. The number of aromatic nitrogens is 3. The molecule has 1 unspecified atom stereocenters. The zero-order valence-corrected chi connectivity index (χ0v) is 13.2. The predicted octanol–water partition coefficient (Wildman–Crippen LogP) is 2.17. The highest BCUT2D eigenvalue weighted by Crippen LogP contribution is 2.41. The Kier molecular flexibility index (Phi) is 3.61. The molecule has 1 aromatic heterocycles. The summed E-state index contributed by atoms with van der Waals surface area (Å²) in [6, 6.07) is 9.74. The highest BCUT2D eigenvalue weighted by Gasteiger charge is 2.37. The van der Waals surface area contributed by atoms with Crippen LogP contribution in [0, 0.1) is 0 Å². The van der Waals surface area contributed by atoms with Crippen LogP contribution in [0.25, 0.3) is 0 Å². The van der Waals surface area contributed by atoms with Crippen molar-refractivity contribution in [1.29, 1.82) is 0 Å². The molecule has 0 spiro atoms. The predicted molar refractivity (Wildman–Crippen MR) is 83.7 cm³/mol. The molecule has 6 nitrogen and oxygen atoms in total. The van der Waals surface area contributed by atoms with E-state index in [9.17, 15) is 4.79 Å². The van der Waals surface area contributed by atoms with Crippen LogP contribution in [0.1, 0.15) is 46.9 Å². The first-order valence-electron chi connectivity index (χ1n) is 8.08. The molecule has 1 saturated carbocycles. The molecule has 120 valence electrons. The summed E-state index contributed by atoms with van der Waals surface area (Å²) in [5.41, 5.74) is 3.15. The molecule has 0 radical (unpaired) electrons. The standard InChI is InChI=1S/C17H20N4O2/c1-23-17(22)15-10-20(19-18-15)11-21(13-7-8-13)16-9-6-12-4-2-3-5-14(12)16/h2-5,10,13,16H,6-9,11H2,1H3. The Hall–Kier alpha value is -2.21. The van der Waals surface area contributed by atoms with Crippen LogP contribution in [0.15, 0.2) is 30.5 Å². The molecular formula is C17H20N4O2. The van der Waals surface area contributed by atoms with Gasteiger partial charge in [0, 0.05) is 12.1 Å². The summed E-state index contributed by atoms with van der Waals surface area (Å²) in [7, 11) is 1.35. The second-order valence-corrected chi connectivity index (χ2v) is 6.27. The molecule has 2 aliphatic carbocycles. The molecule has 1 fully saturated rings. The molecule has 0 aliphatic heterocycles. The largest absolute Gasteiger partial charge is 0.464 e. The lowest BCUT2D eigenvalue weighted by Crippen LogP contribution is -2.32. The van der Waals surface area contributed by atoms with Crippen LogP contribution >= 0.6 is 0 Å². The van der Waals surface area contributed by atoms with E-state index in [2.05, 4.69) is 39.5 Å². The lowest BCUT2D eigenvalue weighted by molar-refractivity contribution is 0.0593. The molecule has 6 heteroatoms. The van der Waals surface area contributed by atoms with Gasteiger partial charge in [-0.25, -0.2) is 9.48 Å². The first-order valence-corrected chi connectivity index (χ1v) is 8.08. The van der Waals surface area contributed by atoms with Gasteiger partial charge in [0.25, 0.3) is 0 Å². The quantitative estimate of drug-likeness (QED) is 0.792. The summed E-state index contributed by atoms with van der Waals surface area (Å²) in [6.07, 6.45) is 6.42. The van der Waals surface area contributed by atoms with Crippen LogP contribution in [-0.2, 0) is 17.8 Å². The minimum atomic E-state index is -0.444. The number of ether oxygens (including phenoxy) is 1. The SMILES string of the molecule is COC(=O)c1cn(CN(C2CC2)C2CCc3ccccc32)nn1. The van der Waals surface area contributed by atoms with Crippen molar-refractivity contribution >= 4 is 5.97 Å². The summed E-state index contributed by atoms with van der Waals surface area (Å²) < 4.78 is 6.43.